The van der Waals surface area contributed by atoms with E-state index in [9.17, 15) is 5.11 Å². The first-order valence-corrected chi connectivity index (χ1v) is 8.99. The average Bonchev–Trinajstić information content (AvgIpc) is 2.54. The summed E-state index contributed by atoms with van der Waals surface area (Å²) in [5, 5.41) is 9.19. The third kappa shape index (κ3) is 1.96. The molecule has 1 N–H and O–H groups in total. The standard InChI is InChI=1S/C10H13IOS/c11-13(7-1-2-8-13)10-5-3-9(12)4-6-10/h3-6,12H,1-2,7-8H2. The van der Waals surface area contributed by atoms with E-state index >= 15 is 0 Å². The average molecular weight is 308 g/mol. The Kier molecular flexibility index (Phi) is 2.74. The second-order valence-electron chi connectivity index (χ2n) is 3.40. The molecule has 1 heterocycles. The Morgan fingerprint density at radius 3 is 2.15 bits per heavy atom. The van der Waals surface area contributed by atoms with E-state index < -0.39 is 7.20 Å². The van der Waals surface area contributed by atoms with E-state index in [0.717, 1.165) is 0 Å². The summed E-state index contributed by atoms with van der Waals surface area (Å²) in [4.78, 5) is 1.45. The van der Waals surface area contributed by atoms with Crippen LogP contribution in [0.2, 0.25) is 0 Å². The molecule has 0 saturated carbocycles. The van der Waals surface area contributed by atoms with Gasteiger partial charge in [-0.25, -0.2) is 0 Å². The Balaban J connectivity index is 2.29. The molecule has 1 aliphatic rings. The van der Waals surface area contributed by atoms with Crippen molar-refractivity contribution >= 4 is 28.4 Å². The number of aromatic hydroxyl groups is 1. The van der Waals surface area contributed by atoms with Gasteiger partial charge in [0, 0.05) is 0 Å². The van der Waals surface area contributed by atoms with Gasteiger partial charge in [-0.2, -0.15) is 7.20 Å². The summed E-state index contributed by atoms with van der Waals surface area (Å²) in [7, 11) is -0.540. The summed E-state index contributed by atoms with van der Waals surface area (Å²) in [5.41, 5.74) is 0. The summed E-state index contributed by atoms with van der Waals surface area (Å²) in [6.07, 6.45) is 2.75. The summed E-state index contributed by atoms with van der Waals surface area (Å²) in [6, 6.07) is 7.78. The molecule has 0 atom stereocenters. The topological polar surface area (TPSA) is 20.2 Å². The second kappa shape index (κ2) is 3.69. The Bertz CT molecular complexity index is 290. The fourth-order valence-electron chi connectivity index (χ4n) is 1.69. The lowest BCUT2D eigenvalue weighted by Gasteiger charge is -2.28. The summed E-state index contributed by atoms with van der Waals surface area (Å²) >= 11 is 2.64. The number of hydrogen-bond donors (Lipinski definition) is 1. The van der Waals surface area contributed by atoms with Crippen molar-refractivity contribution in [3.63, 3.8) is 0 Å². The minimum atomic E-state index is -0.540. The number of rotatable bonds is 1. The van der Waals surface area contributed by atoms with E-state index in [1.165, 1.54) is 29.2 Å². The lowest BCUT2D eigenvalue weighted by molar-refractivity contribution is 0.475. The molecule has 72 valence electrons. The highest BCUT2D eigenvalue weighted by Crippen LogP contribution is 2.67. The summed E-state index contributed by atoms with van der Waals surface area (Å²) in [6.45, 7) is 0. The van der Waals surface area contributed by atoms with Crippen LogP contribution in [0.25, 0.3) is 0 Å². The highest BCUT2D eigenvalue weighted by Gasteiger charge is 2.26. The lowest BCUT2D eigenvalue weighted by Crippen LogP contribution is -1.92. The van der Waals surface area contributed by atoms with Gasteiger partial charge in [-0.3, -0.25) is 0 Å². The van der Waals surface area contributed by atoms with Crippen molar-refractivity contribution in [1.29, 1.82) is 0 Å². The fourth-order valence-corrected chi connectivity index (χ4v) is 7.06. The normalized spacial score (nSPS) is 22.8. The first-order chi connectivity index (χ1) is 6.21. The molecule has 0 aromatic heterocycles. The van der Waals surface area contributed by atoms with Crippen molar-refractivity contribution in [2.45, 2.75) is 17.7 Å². The quantitative estimate of drug-likeness (QED) is 0.784. The smallest absolute Gasteiger partial charge is 0.115 e. The molecule has 3 heteroatoms. The van der Waals surface area contributed by atoms with Crippen LogP contribution in [0.4, 0.5) is 0 Å². The largest absolute Gasteiger partial charge is 0.508 e. The maximum Gasteiger partial charge on any atom is 0.115 e. The molecule has 1 fully saturated rings. The minimum Gasteiger partial charge on any atom is -0.508 e. The third-order valence-electron chi connectivity index (χ3n) is 2.44. The lowest BCUT2D eigenvalue weighted by atomic mass is 10.3. The van der Waals surface area contributed by atoms with Crippen LogP contribution >= 0.6 is 28.4 Å². The van der Waals surface area contributed by atoms with Gasteiger partial charge < -0.3 is 5.11 Å². The highest BCUT2D eigenvalue weighted by molar-refractivity contribution is 14.2. The predicted octanol–water partition coefficient (Wildman–Crippen LogP) is 3.70. The van der Waals surface area contributed by atoms with Gasteiger partial charge in [0.15, 0.2) is 0 Å². The predicted molar refractivity (Wildman–Crippen MR) is 67.0 cm³/mol. The SMILES string of the molecule is Oc1ccc(S2(I)CCCC2)cc1. The molecule has 0 amide bonds. The molecule has 1 saturated heterocycles. The van der Waals surface area contributed by atoms with Gasteiger partial charge in [0.1, 0.15) is 5.75 Å². The minimum absolute atomic E-state index is 0.376. The Hall–Kier alpha value is 0.1000. The van der Waals surface area contributed by atoms with Crippen LogP contribution < -0.4 is 0 Å². The van der Waals surface area contributed by atoms with E-state index in [0.29, 0.717) is 5.75 Å². The molecule has 1 aromatic rings. The number of phenols is 1. The van der Waals surface area contributed by atoms with E-state index in [4.69, 9.17) is 0 Å². The van der Waals surface area contributed by atoms with Crippen molar-refractivity contribution in [2.75, 3.05) is 11.5 Å². The molecular weight excluding hydrogens is 295 g/mol. The molecule has 1 aromatic carbocycles. The first kappa shape index (κ1) is 9.65. The van der Waals surface area contributed by atoms with Crippen LogP contribution in [0.3, 0.4) is 0 Å². The fraction of sp³-hybridized carbons (Fsp3) is 0.400. The van der Waals surface area contributed by atoms with Gasteiger partial charge in [0.2, 0.25) is 0 Å². The Morgan fingerprint density at radius 1 is 1.08 bits per heavy atom. The van der Waals surface area contributed by atoms with Crippen molar-refractivity contribution in [2.24, 2.45) is 0 Å². The zero-order valence-electron chi connectivity index (χ0n) is 7.37. The van der Waals surface area contributed by atoms with Gasteiger partial charge in [0.25, 0.3) is 0 Å². The molecule has 13 heavy (non-hydrogen) atoms. The van der Waals surface area contributed by atoms with Crippen LogP contribution in [0.1, 0.15) is 12.8 Å². The van der Waals surface area contributed by atoms with Crippen LogP contribution in [0.5, 0.6) is 5.75 Å². The van der Waals surface area contributed by atoms with Crippen LogP contribution in [-0.4, -0.2) is 16.6 Å². The second-order valence-corrected chi connectivity index (χ2v) is 11.3. The first-order valence-electron chi connectivity index (χ1n) is 4.48. The maximum atomic E-state index is 9.19. The number of benzene rings is 1. The van der Waals surface area contributed by atoms with Crippen LogP contribution in [0, 0.1) is 0 Å². The zero-order chi connectivity index (χ0) is 9.31. The van der Waals surface area contributed by atoms with Gasteiger partial charge in [-0.15, -0.1) is 0 Å². The van der Waals surface area contributed by atoms with Crippen molar-refractivity contribution in [3.05, 3.63) is 24.3 Å². The van der Waals surface area contributed by atoms with Gasteiger partial charge in [-0.05, 0) is 74.7 Å². The van der Waals surface area contributed by atoms with Gasteiger partial charge in [0.05, 0.1) is 0 Å². The molecule has 0 unspecified atom stereocenters. The molecule has 0 aliphatic carbocycles. The molecule has 1 aliphatic heterocycles. The van der Waals surface area contributed by atoms with Crippen molar-refractivity contribution < 1.29 is 5.11 Å². The molecule has 0 bridgehead atoms. The van der Waals surface area contributed by atoms with Crippen LogP contribution in [0.15, 0.2) is 29.2 Å². The van der Waals surface area contributed by atoms with Gasteiger partial charge >= 0.3 is 0 Å². The van der Waals surface area contributed by atoms with Crippen molar-refractivity contribution in [3.8, 4) is 5.75 Å². The van der Waals surface area contributed by atoms with Crippen molar-refractivity contribution in [1.82, 2.24) is 0 Å². The van der Waals surface area contributed by atoms with Gasteiger partial charge in [-0.1, -0.05) is 0 Å². The van der Waals surface area contributed by atoms with E-state index in [-0.39, 0.29) is 0 Å². The Morgan fingerprint density at radius 2 is 1.62 bits per heavy atom. The third-order valence-corrected chi connectivity index (χ3v) is 9.60. The zero-order valence-corrected chi connectivity index (χ0v) is 10.3. The summed E-state index contributed by atoms with van der Waals surface area (Å²) < 4.78 is 0. The van der Waals surface area contributed by atoms with E-state index in [2.05, 4.69) is 33.3 Å². The summed E-state index contributed by atoms with van der Waals surface area (Å²) in [5.74, 6) is 3.09. The number of hydrogen-bond acceptors (Lipinski definition) is 1. The maximum absolute atomic E-state index is 9.19. The number of phenolic OH excluding ortho intramolecular Hbond substituents is 1. The Labute approximate surface area is 92.4 Å². The molecular formula is C10H13IOS. The van der Waals surface area contributed by atoms with E-state index in [1.54, 1.807) is 12.1 Å². The monoisotopic (exact) mass is 308 g/mol. The molecule has 2 rings (SSSR count). The molecule has 0 spiro atoms. The van der Waals surface area contributed by atoms with E-state index in [1.807, 2.05) is 0 Å². The number of halogens is 1. The van der Waals surface area contributed by atoms with Crippen LogP contribution in [-0.2, 0) is 0 Å². The highest BCUT2D eigenvalue weighted by atomic mass is 127. The molecule has 1 nitrogen and oxygen atoms in total. The molecule has 0 radical (unpaired) electrons.